The normalized spacial score (nSPS) is 12.4. The van der Waals surface area contributed by atoms with Gasteiger partial charge in [0.2, 0.25) is 0 Å². The predicted octanol–water partition coefficient (Wildman–Crippen LogP) is 10.4. The van der Waals surface area contributed by atoms with Gasteiger partial charge in [0, 0.05) is 31.8 Å². The van der Waals surface area contributed by atoms with Gasteiger partial charge in [0.15, 0.2) is 52.4 Å². The minimum absolute atomic E-state index is 0. The standard InChI is InChI=1S/C18BF15.C10H15.C7H8.2CH3.Hf/c20-4-1(5(21)11(27)16(32)10(4)26)19(2-6(22)12(28)17(33)13(29)7(2)23)3-8(24)14(30)18(34)15(31)9(3)25;1-6-7(2)9(4)10(5)8(6)3;1-7-5-3-2-4-6-7;;;/h;1-5H3;2-6H,1H3;2*1H3;/q-1;;;2*-1;. The van der Waals surface area contributed by atoms with E-state index in [0.29, 0.717) is 0 Å². The molecule has 0 nitrogen and oxygen atoms in total. The molecule has 2 radical (unpaired) electrons. The largest absolute Gasteiger partial charge is 0.358 e. The molecule has 0 heterocycles. The van der Waals surface area contributed by atoms with E-state index in [1.54, 1.807) is 0 Å². The molecule has 0 atom stereocenters. The zero-order valence-electron chi connectivity index (χ0n) is 29.6. The SMILES string of the molecule is C[C]1C(C)=C(C)C(C)=C1C.Cc1ccccc1.Fc1c(F)c(F)c([B-](c2c(F)c(F)c(F)c(F)c2F)c2c(F)c(F)c(F)c(F)c2F)c(F)c1F.[CH3-].[CH3-].[Hf]. The van der Waals surface area contributed by atoms with Gasteiger partial charge in [0.25, 0.3) is 0 Å². The number of benzene rings is 4. The van der Waals surface area contributed by atoms with E-state index in [9.17, 15) is 65.9 Å². The summed E-state index contributed by atoms with van der Waals surface area (Å²) in [5.74, 6) is -43.8. The third kappa shape index (κ3) is 9.19. The van der Waals surface area contributed by atoms with Gasteiger partial charge in [0.1, 0.15) is 34.9 Å². The van der Waals surface area contributed by atoms with E-state index in [-0.39, 0.29) is 40.7 Å². The smallest absolute Gasteiger partial charge is 0.200 e. The molecule has 0 amide bonds. The first-order valence-corrected chi connectivity index (χ1v) is 14.4. The van der Waals surface area contributed by atoms with Crippen molar-refractivity contribution >= 4 is 23.1 Å². The summed E-state index contributed by atoms with van der Waals surface area (Å²) in [6.07, 6.45) is 0. The molecule has 0 saturated heterocycles. The van der Waals surface area contributed by atoms with Crippen LogP contribution in [0, 0.1) is 115 Å². The molecule has 0 bridgehead atoms. The van der Waals surface area contributed by atoms with Gasteiger partial charge in [-0.25, -0.2) is 65.9 Å². The molecule has 1 aliphatic carbocycles. The molecule has 292 valence electrons. The summed E-state index contributed by atoms with van der Waals surface area (Å²) in [6.45, 7) is 9.12. The minimum atomic E-state index is -3.96. The van der Waals surface area contributed by atoms with E-state index in [1.807, 2.05) is 18.2 Å². The van der Waals surface area contributed by atoms with Gasteiger partial charge in [-0.3, -0.25) is 0 Å². The quantitative estimate of drug-likeness (QED) is 0.0631. The Morgan fingerprint density at radius 2 is 0.519 bits per heavy atom. The Balaban J connectivity index is 0.00000115. The molecule has 0 aliphatic heterocycles. The van der Waals surface area contributed by atoms with Crippen LogP contribution in [0.2, 0.25) is 0 Å². The number of hydrogen-bond acceptors (Lipinski definition) is 0. The summed E-state index contributed by atoms with van der Waals surface area (Å²) < 4.78 is 209. The summed E-state index contributed by atoms with van der Waals surface area (Å²) in [4.78, 5) is 0. The molecule has 54 heavy (non-hydrogen) atoms. The van der Waals surface area contributed by atoms with Crippen molar-refractivity contribution in [3.8, 4) is 0 Å². The Bertz CT molecular complexity index is 1800. The van der Waals surface area contributed by atoms with Crippen LogP contribution in [0.15, 0.2) is 52.6 Å². The number of hydrogen-bond donors (Lipinski definition) is 0. The fraction of sp³-hybridized carbons (Fsp3) is 0.162. The summed E-state index contributed by atoms with van der Waals surface area (Å²) in [6, 6.07) is 10.3. The van der Waals surface area contributed by atoms with Gasteiger partial charge in [-0.2, -0.15) is 16.4 Å². The molecular formula is C37H29BF15Hf-3. The van der Waals surface area contributed by atoms with Crippen LogP contribution in [0.5, 0.6) is 0 Å². The topological polar surface area (TPSA) is 0 Å². The van der Waals surface area contributed by atoms with Crippen LogP contribution in [0.3, 0.4) is 0 Å². The molecular weight excluding hydrogens is 919 g/mol. The van der Waals surface area contributed by atoms with Crippen LogP contribution in [-0.2, 0) is 25.8 Å². The van der Waals surface area contributed by atoms with E-state index in [2.05, 4.69) is 53.7 Å². The van der Waals surface area contributed by atoms with Crippen LogP contribution in [-0.4, -0.2) is 6.71 Å². The Morgan fingerprint density at radius 1 is 0.315 bits per heavy atom. The van der Waals surface area contributed by atoms with Crippen molar-refractivity contribution in [1.82, 2.24) is 0 Å². The van der Waals surface area contributed by atoms with E-state index >= 15 is 0 Å². The Labute approximate surface area is 321 Å². The molecule has 0 fully saturated rings. The Hall–Kier alpha value is -3.75. The van der Waals surface area contributed by atoms with Crippen LogP contribution in [0.25, 0.3) is 0 Å². The van der Waals surface area contributed by atoms with Gasteiger partial charge >= 0.3 is 0 Å². The van der Waals surface area contributed by atoms with Crippen LogP contribution < -0.4 is 16.4 Å². The third-order valence-corrected chi connectivity index (χ3v) is 8.35. The zero-order chi connectivity index (χ0) is 39.0. The molecule has 1 aliphatic rings. The third-order valence-electron chi connectivity index (χ3n) is 8.35. The monoisotopic (exact) mass is 949 g/mol. The Kier molecular flexibility index (Phi) is 18.3. The fourth-order valence-electron chi connectivity index (χ4n) is 5.00. The molecule has 0 N–H and O–H groups in total. The van der Waals surface area contributed by atoms with Gasteiger partial charge in [-0.05, 0) is 52.5 Å². The van der Waals surface area contributed by atoms with Crippen molar-refractivity contribution in [2.45, 2.75) is 41.5 Å². The van der Waals surface area contributed by atoms with E-state index in [4.69, 9.17) is 0 Å². The average Bonchev–Trinajstić information content (AvgIpc) is 3.27. The van der Waals surface area contributed by atoms with Gasteiger partial charge in [-0.15, -0.1) is 0 Å². The second kappa shape index (κ2) is 19.7. The average molecular weight is 948 g/mol. The van der Waals surface area contributed by atoms with Gasteiger partial charge in [-0.1, -0.05) is 54.0 Å². The van der Waals surface area contributed by atoms with Crippen molar-refractivity contribution in [1.29, 1.82) is 0 Å². The molecule has 0 spiro atoms. The fourth-order valence-corrected chi connectivity index (χ4v) is 5.00. The van der Waals surface area contributed by atoms with Crippen LogP contribution in [0.1, 0.15) is 40.2 Å². The maximum absolute atomic E-state index is 14.4. The maximum atomic E-state index is 14.4. The summed E-state index contributed by atoms with van der Waals surface area (Å²) in [7, 11) is 0. The molecule has 4 aromatic rings. The number of aryl methyl sites for hydroxylation is 1. The van der Waals surface area contributed by atoms with Crippen molar-refractivity contribution in [3.63, 3.8) is 0 Å². The molecule has 0 saturated carbocycles. The first-order chi connectivity index (χ1) is 23.6. The van der Waals surface area contributed by atoms with Crippen molar-refractivity contribution in [2.75, 3.05) is 0 Å². The molecule has 5 rings (SSSR count). The van der Waals surface area contributed by atoms with Crippen molar-refractivity contribution < 1.29 is 91.7 Å². The maximum Gasteiger partial charge on any atom is 0.200 e. The second-order valence-corrected chi connectivity index (χ2v) is 11.2. The van der Waals surface area contributed by atoms with Crippen LogP contribution >= 0.6 is 0 Å². The predicted molar refractivity (Wildman–Crippen MR) is 173 cm³/mol. The van der Waals surface area contributed by atoms with Gasteiger partial charge < -0.3 is 14.9 Å². The molecule has 0 unspecified atom stereocenters. The summed E-state index contributed by atoms with van der Waals surface area (Å²) in [5.41, 5.74) is -0.842. The van der Waals surface area contributed by atoms with E-state index in [0.717, 1.165) is 0 Å². The Morgan fingerprint density at radius 3 is 0.667 bits per heavy atom. The van der Waals surface area contributed by atoms with Crippen LogP contribution in [0.4, 0.5) is 65.9 Å². The van der Waals surface area contributed by atoms with E-state index in [1.165, 1.54) is 33.8 Å². The zero-order valence-corrected chi connectivity index (χ0v) is 33.2. The second-order valence-electron chi connectivity index (χ2n) is 11.2. The molecule has 4 aromatic carbocycles. The number of allylic oxidation sites excluding steroid dienone is 4. The van der Waals surface area contributed by atoms with E-state index < -0.39 is 110 Å². The molecule has 17 heteroatoms. The first kappa shape index (κ1) is 50.2. The van der Waals surface area contributed by atoms with Crippen molar-refractivity contribution in [3.05, 3.63) is 166 Å². The minimum Gasteiger partial charge on any atom is -0.358 e. The summed E-state index contributed by atoms with van der Waals surface area (Å²) in [5, 5.41) is 0. The molecule has 0 aromatic heterocycles. The number of halogens is 15. The first-order valence-electron chi connectivity index (χ1n) is 14.4. The van der Waals surface area contributed by atoms with Crippen molar-refractivity contribution in [2.24, 2.45) is 0 Å². The number of rotatable bonds is 3. The van der Waals surface area contributed by atoms with Gasteiger partial charge in [0.05, 0.1) is 0 Å². The summed E-state index contributed by atoms with van der Waals surface area (Å²) >= 11 is 0.